The minimum absolute atomic E-state index is 0.0904. The van der Waals surface area contributed by atoms with E-state index in [4.69, 9.17) is 5.11 Å². The number of rotatable bonds is 5. The molecule has 2 N–H and O–H groups in total. The molecule has 2 aromatic carbocycles. The molecule has 0 saturated heterocycles. The van der Waals surface area contributed by atoms with Crippen LogP contribution in [0.4, 0.5) is 4.39 Å². The quantitative estimate of drug-likeness (QED) is 0.833. The monoisotopic (exact) mass is 291 g/mol. The Morgan fingerprint density at radius 1 is 1.10 bits per heavy atom. The van der Waals surface area contributed by atoms with Crippen molar-refractivity contribution in [3.05, 3.63) is 59.9 Å². The fraction of sp³-hybridized carbons (Fsp3) is 0.133. The first-order valence-corrected chi connectivity index (χ1v) is 7.05. The molecule has 0 aliphatic rings. The second-order valence-electron chi connectivity index (χ2n) is 4.19. The van der Waals surface area contributed by atoms with Gasteiger partial charge >= 0.3 is 0 Å². The number of amides is 1. The van der Waals surface area contributed by atoms with Crippen molar-refractivity contribution in [1.29, 1.82) is 0 Å². The van der Waals surface area contributed by atoms with E-state index >= 15 is 0 Å². The van der Waals surface area contributed by atoms with Crippen molar-refractivity contribution < 1.29 is 14.3 Å². The highest BCUT2D eigenvalue weighted by Crippen LogP contribution is 2.20. The highest BCUT2D eigenvalue weighted by molar-refractivity contribution is 8.00. The minimum Gasteiger partial charge on any atom is -0.508 e. The van der Waals surface area contributed by atoms with Crippen molar-refractivity contribution in [1.82, 2.24) is 5.32 Å². The van der Waals surface area contributed by atoms with E-state index in [1.807, 2.05) is 0 Å². The topological polar surface area (TPSA) is 49.3 Å². The number of hydrogen-bond donors (Lipinski definition) is 2. The number of phenols is 1. The average molecular weight is 291 g/mol. The zero-order chi connectivity index (χ0) is 14.4. The summed E-state index contributed by atoms with van der Waals surface area (Å²) in [6.07, 6.45) is 0. The number of carbonyl (C=O) groups is 1. The van der Waals surface area contributed by atoms with E-state index in [1.165, 1.54) is 23.9 Å². The van der Waals surface area contributed by atoms with Crippen molar-refractivity contribution in [3.63, 3.8) is 0 Å². The minimum atomic E-state index is -0.289. The zero-order valence-electron chi connectivity index (χ0n) is 10.7. The molecule has 2 aromatic rings. The summed E-state index contributed by atoms with van der Waals surface area (Å²) in [6.45, 7) is 0.384. The van der Waals surface area contributed by atoms with Crippen LogP contribution in [0.5, 0.6) is 5.75 Å². The first kappa shape index (κ1) is 14.4. The number of benzene rings is 2. The molecule has 20 heavy (non-hydrogen) atoms. The second-order valence-corrected chi connectivity index (χ2v) is 5.23. The average Bonchev–Trinajstić information content (AvgIpc) is 2.46. The molecule has 0 atom stereocenters. The van der Waals surface area contributed by atoms with Crippen LogP contribution in [-0.4, -0.2) is 16.8 Å². The van der Waals surface area contributed by atoms with Gasteiger partial charge in [0.25, 0.3) is 0 Å². The van der Waals surface area contributed by atoms with Crippen LogP contribution in [0.3, 0.4) is 0 Å². The van der Waals surface area contributed by atoms with Crippen LogP contribution < -0.4 is 5.32 Å². The lowest BCUT2D eigenvalue weighted by Gasteiger charge is -2.05. The summed E-state index contributed by atoms with van der Waals surface area (Å²) in [5.41, 5.74) is 0.856. The van der Waals surface area contributed by atoms with E-state index in [2.05, 4.69) is 5.32 Å². The number of aromatic hydroxyl groups is 1. The van der Waals surface area contributed by atoms with Crippen LogP contribution in [0, 0.1) is 5.82 Å². The molecule has 104 valence electrons. The molecule has 0 unspecified atom stereocenters. The van der Waals surface area contributed by atoms with Gasteiger partial charge in [-0.1, -0.05) is 12.1 Å². The lowest BCUT2D eigenvalue weighted by atomic mass is 10.2. The van der Waals surface area contributed by atoms with Gasteiger partial charge in [-0.05, 0) is 42.0 Å². The lowest BCUT2D eigenvalue weighted by molar-refractivity contribution is -0.118. The molecule has 5 heteroatoms. The van der Waals surface area contributed by atoms with E-state index in [0.717, 1.165) is 10.5 Å². The summed E-state index contributed by atoms with van der Waals surface area (Å²) in [6, 6.07) is 12.7. The highest BCUT2D eigenvalue weighted by atomic mass is 32.2. The smallest absolute Gasteiger partial charge is 0.230 e. The van der Waals surface area contributed by atoms with Crippen LogP contribution in [0.1, 0.15) is 5.56 Å². The summed E-state index contributed by atoms with van der Waals surface area (Å²) < 4.78 is 12.7. The van der Waals surface area contributed by atoms with Gasteiger partial charge < -0.3 is 10.4 Å². The third kappa shape index (κ3) is 4.59. The maximum absolute atomic E-state index is 12.7. The Kier molecular flexibility index (Phi) is 5.01. The van der Waals surface area contributed by atoms with Crippen LogP contribution in [0.25, 0.3) is 0 Å². The molecule has 0 fully saturated rings. The second kappa shape index (κ2) is 6.96. The van der Waals surface area contributed by atoms with Gasteiger partial charge in [-0.25, -0.2) is 4.39 Å². The van der Waals surface area contributed by atoms with E-state index in [9.17, 15) is 9.18 Å². The SMILES string of the molecule is O=C(CSc1ccc(O)cc1)NCc1ccc(F)cc1. The Labute approximate surface area is 120 Å². The molecule has 2 rings (SSSR count). The third-order valence-electron chi connectivity index (χ3n) is 2.61. The molecule has 0 bridgehead atoms. The van der Waals surface area contributed by atoms with Crippen molar-refractivity contribution in [2.24, 2.45) is 0 Å². The van der Waals surface area contributed by atoms with E-state index in [0.29, 0.717) is 12.3 Å². The molecule has 0 heterocycles. The summed E-state index contributed by atoms with van der Waals surface area (Å²) >= 11 is 1.39. The predicted molar refractivity (Wildman–Crippen MR) is 77.1 cm³/mol. The summed E-state index contributed by atoms with van der Waals surface area (Å²) in [5, 5.41) is 11.9. The van der Waals surface area contributed by atoms with Gasteiger partial charge in [0.1, 0.15) is 11.6 Å². The van der Waals surface area contributed by atoms with E-state index in [1.54, 1.807) is 36.4 Å². The fourth-order valence-corrected chi connectivity index (χ4v) is 2.27. The highest BCUT2D eigenvalue weighted by Gasteiger charge is 2.03. The van der Waals surface area contributed by atoms with Gasteiger partial charge in [-0.3, -0.25) is 4.79 Å². The van der Waals surface area contributed by atoms with Gasteiger partial charge in [-0.15, -0.1) is 11.8 Å². The van der Waals surface area contributed by atoms with Crippen molar-refractivity contribution in [2.75, 3.05) is 5.75 Å². The maximum Gasteiger partial charge on any atom is 0.230 e. The lowest BCUT2D eigenvalue weighted by Crippen LogP contribution is -2.24. The molecule has 0 radical (unpaired) electrons. The fourth-order valence-electron chi connectivity index (χ4n) is 1.55. The largest absolute Gasteiger partial charge is 0.508 e. The molecule has 0 saturated carbocycles. The van der Waals surface area contributed by atoms with Gasteiger partial charge in [-0.2, -0.15) is 0 Å². The summed E-state index contributed by atoms with van der Waals surface area (Å²) in [4.78, 5) is 12.6. The van der Waals surface area contributed by atoms with Crippen LogP contribution in [0.15, 0.2) is 53.4 Å². The Morgan fingerprint density at radius 2 is 1.75 bits per heavy atom. The Bertz CT molecular complexity index is 518. The van der Waals surface area contributed by atoms with Gasteiger partial charge in [0.15, 0.2) is 0 Å². The number of nitrogens with one attached hydrogen (secondary N) is 1. The predicted octanol–water partition coefficient (Wildman–Crippen LogP) is 2.94. The zero-order valence-corrected chi connectivity index (χ0v) is 11.5. The standard InChI is InChI=1S/C15H14FNO2S/c16-12-3-1-11(2-4-12)9-17-15(19)10-20-14-7-5-13(18)6-8-14/h1-8,18H,9-10H2,(H,17,19). The molecular formula is C15H14FNO2S. The molecule has 0 aliphatic carbocycles. The Morgan fingerprint density at radius 3 is 2.40 bits per heavy atom. The van der Waals surface area contributed by atoms with E-state index < -0.39 is 0 Å². The molecule has 0 aromatic heterocycles. The van der Waals surface area contributed by atoms with Gasteiger partial charge in [0.2, 0.25) is 5.91 Å². The third-order valence-corrected chi connectivity index (χ3v) is 3.62. The van der Waals surface area contributed by atoms with Crippen LogP contribution in [-0.2, 0) is 11.3 Å². The number of carbonyl (C=O) groups excluding carboxylic acids is 1. The van der Waals surface area contributed by atoms with E-state index in [-0.39, 0.29) is 17.5 Å². The number of hydrogen-bond acceptors (Lipinski definition) is 3. The molecule has 1 amide bonds. The molecule has 0 spiro atoms. The van der Waals surface area contributed by atoms with Gasteiger partial charge in [0.05, 0.1) is 5.75 Å². The van der Waals surface area contributed by atoms with Crippen molar-refractivity contribution in [2.45, 2.75) is 11.4 Å². The van der Waals surface area contributed by atoms with Crippen LogP contribution in [0.2, 0.25) is 0 Å². The van der Waals surface area contributed by atoms with Gasteiger partial charge in [0, 0.05) is 11.4 Å². The van der Waals surface area contributed by atoms with Crippen LogP contribution >= 0.6 is 11.8 Å². The number of phenolic OH excluding ortho intramolecular Hbond substituents is 1. The molecular weight excluding hydrogens is 277 g/mol. The number of thioether (sulfide) groups is 1. The first-order chi connectivity index (χ1) is 9.63. The van der Waals surface area contributed by atoms with Crippen molar-refractivity contribution in [3.8, 4) is 5.75 Å². The van der Waals surface area contributed by atoms with Crippen molar-refractivity contribution >= 4 is 17.7 Å². The summed E-state index contributed by atoms with van der Waals surface area (Å²) in [7, 11) is 0. The first-order valence-electron chi connectivity index (χ1n) is 6.06. The Balaban J connectivity index is 1.75. The summed E-state index contributed by atoms with van der Waals surface area (Å²) in [5.74, 6) is 0.122. The maximum atomic E-state index is 12.7. The normalized spacial score (nSPS) is 10.2. The molecule has 0 aliphatic heterocycles. The Hall–Kier alpha value is -2.01. The molecule has 3 nitrogen and oxygen atoms in total. The number of halogens is 1.